The molecule has 0 bridgehead atoms. The molecule has 6 nitrogen and oxygen atoms in total. The van der Waals surface area contributed by atoms with Gasteiger partial charge in [0.25, 0.3) is 0 Å². The summed E-state index contributed by atoms with van der Waals surface area (Å²) in [4.78, 5) is 23.6. The maximum atomic E-state index is 12.0. The van der Waals surface area contributed by atoms with Crippen LogP contribution in [0.1, 0.15) is 29.1 Å². The summed E-state index contributed by atoms with van der Waals surface area (Å²) in [5.41, 5.74) is 0.740. The quantitative estimate of drug-likeness (QED) is 0.801. The van der Waals surface area contributed by atoms with Crippen LogP contribution in [0.15, 0.2) is 47.1 Å². The van der Waals surface area contributed by atoms with E-state index in [1.54, 1.807) is 36.6 Å². The van der Waals surface area contributed by atoms with Crippen molar-refractivity contribution in [2.45, 2.75) is 13.0 Å². The highest BCUT2D eigenvalue weighted by Gasteiger charge is 2.14. The van der Waals surface area contributed by atoms with E-state index >= 15 is 0 Å². The molecular formula is C16H18N2O4. The van der Waals surface area contributed by atoms with Crippen LogP contribution in [0.2, 0.25) is 0 Å². The molecule has 2 N–H and O–H groups in total. The first-order chi connectivity index (χ1) is 10.6. The highest BCUT2D eigenvalue weighted by atomic mass is 16.5. The highest BCUT2D eigenvalue weighted by molar-refractivity contribution is 6.01. The van der Waals surface area contributed by atoms with Gasteiger partial charge in [0.1, 0.15) is 5.76 Å². The normalized spacial score (nSPS) is 11.7. The molecule has 1 aromatic heterocycles. The van der Waals surface area contributed by atoms with Gasteiger partial charge in [-0.3, -0.25) is 10.1 Å². The molecule has 0 aliphatic carbocycles. The zero-order valence-electron chi connectivity index (χ0n) is 12.5. The maximum absolute atomic E-state index is 12.0. The molecule has 1 aromatic carbocycles. The standard InChI is InChI=1S/C16H18N2O4/c1-11(14-8-5-9-22-14)17-10-15(19)18-13-7-4-3-6-12(13)16(20)21-2/h3-9,11,17H,10H2,1-2H3,(H,18,19)/t11-/m0/s1. The molecule has 0 unspecified atom stereocenters. The number of furan rings is 1. The zero-order chi connectivity index (χ0) is 15.9. The smallest absolute Gasteiger partial charge is 0.339 e. The second kappa shape index (κ2) is 7.42. The Morgan fingerprint density at radius 1 is 1.23 bits per heavy atom. The summed E-state index contributed by atoms with van der Waals surface area (Å²) < 4.78 is 9.94. The van der Waals surface area contributed by atoms with Crippen molar-refractivity contribution >= 4 is 17.6 Å². The van der Waals surface area contributed by atoms with Crippen LogP contribution in [0.25, 0.3) is 0 Å². The number of methoxy groups -OCH3 is 1. The Balaban J connectivity index is 1.94. The third kappa shape index (κ3) is 3.95. The summed E-state index contributed by atoms with van der Waals surface area (Å²) in [5, 5.41) is 5.74. The monoisotopic (exact) mass is 302 g/mol. The van der Waals surface area contributed by atoms with E-state index in [9.17, 15) is 9.59 Å². The van der Waals surface area contributed by atoms with Gasteiger partial charge < -0.3 is 14.5 Å². The first-order valence-electron chi connectivity index (χ1n) is 6.85. The van der Waals surface area contributed by atoms with Gasteiger partial charge in [-0.15, -0.1) is 0 Å². The third-order valence-corrected chi connectivity index (χ3v) is 3.15. The van der Waals surface area contributed by atoms with Gasteiger partial charge in [-0.2, -0.15) is 0 Å². The summed E-state index contributed by atoms with van der Waals surface area (Å²) in [5.74, 6) is 0.00494. The minimum atomic E-state index is -0.493. The summed E-state index contributed by atoms with van der Waals surface area (Å²) in [6.45, 7) is 1.99. The lowest BCUT2D eigenvalue weighted by Crippen LogP contribution is -2.30. The molecule has 0 saturated carbocycles. The van der Waals surface area contributed by atoms with Gasteiger partial charge in [0.05, 0.1) is 37.2 Å². The number of carbonyl (C=O) groups is 2. The van der Waals surface area contributed by atoms with Crippen molar-refractivity contribution in [3.8, 4) is 0 Å². The van der Waals surface area contributed by atoms with Crippen molar-refractivity contribution in [2.24, 2.45) is 0 Å². The van der Waals surface area contributed by atoms with Crippen LogP contribution < -0.4 is 10.6 Å². The molecule has 0 saturated heterocycles. The van der Waals surface area contributed by atoms with Crippen LogP contribution in [0.5, 0.6) is 0 Å². The number of hydrogen-bond acceptors (Lipinski definition) is 5. The molecule has 6 heteroatoms. The molecule has 2 rings (SSSR count). The van der Waals surface area contributed by atoms with Gasteiger partial charge in [0.15, 0.2) is 0 Å². The average molecular weight is 302 g/mol. The summed E-state index contributed by atoms with van der Waals surface area (Å²) in [7, 11) is 1.30. The van der Waals surface area contributed by atoms with E-state index in [1.807, 2.05) is 13.0 Å². The lowest BCUT2D eigenvalue weighted by atomic mass is 10.2. The zero-order valence-corrected chi connectivity index (χ0v) is 12.5. The van der Waals surface area contributed by atoms with Gasteiger partial charge in [-0.25, -0.2) is 4.79 Å². The van der Waals surface area contributed by atoms with E-state index in [4.69, 9.17) is 4.42 Å². The molecule has 1 heterocycles. The number of amides is 1. The van der Waals surface area contributed by atoms with Crippen LogP contribution in [0, 0.1) is 0 Å². The lowest BCUT2D eigenvalue weighted by molar-refractivity contribution is -0.115. The molecule has 116 valence electrons. The average Bonchev–Trinajstić information content (AvgIpc) is 3.07. The minimum absolute atomic E-state index is 0.0865. The van der Waals surface area contributed by atoms with Gasteiger partial charge in [-0.05, 0) is 31.2 Å². The molecule has 2 aromatic rings. The van der Waals surface area contributed by atoms with Gasteiger partial charge >= 0.3 is 5.97 Å². The number of carbonyl (C=O) groups excluding carboxylic acids is 2. The first kappa shape index (κ1) is 15.8. The van der Waals surface area contributed by atoms with E-state index in [0.717, 1.165) is 5.76 Å². The number of anilines is 1. The number of ether oxygens (including phenoxy) is 1. The van der Waals surface area contributed by atoms with Crippen LogP contribution in [-0.2, 0) is 9.53 Å². The van der Waals surface area contributed by atoms with Crippen molar-refractivity contribution in [1.82, 2.24) is 5.32 Å². The second-order valence-corrected chi connectivity index (χ2v) is 4.70. The number of rotatable bonds is 6. The van der Waals surface area contributed by atoms with Gasteiger partial charge in [0.2, 0.25) is 5.91 Å². The molecule has 22 heavy (non-hydrogen) atoms. The molecule has 1 atom stereocenters. The fourth-order valence-electron chi connectivity index (χ4n) is 1.96. The molecule has 0 fully saturated rings. The van der Waals surface area contributed by atoms with Crippen molar-refractivity contribution < 1.29 is 18.7 Å². The van der Waals surface area contributed by atoms with Crippen LogP contribution in [0.4, 0.5) is 5.69 Å². The Morgan fingerprint density at radius 2 is 2.00 bits per heavy atom. The topological polar surface area (TPSA) is 80.6 Å². The maximum Gasteiger partial charge on any atom is 0.339 e. The summed E-state index contributed by atoms with van der Waals surface area (Å²) in [6, 6.07) is 10.2. The van der Waals surface area contributed by atoms with Gasteiger partial charge in [-0.1, -0.05) is 12.1 Å². The van der Waals surface area contributed by atoms with E-state index in [2.05, 4.69) is 15.4 Å². The fourth-order valence-corrected chi connectivity index (χ4v) is 1.96. The molecule has 0 spiro atoms. The summed E-state index contributed by atoms with van der Waals surface area (Å²) in [6.07, 6.45) is 1.58. The SMILES string of the molecule is COC(=O)c1ccccc1NC(=O)CN[C@@H](C)c1ccco1. The molecule has 1 amide bonds. The summed E-state index contributed by atoms with van der Waals surface area (Å²) >= 11 is 0. The van der Waals surface area contributed by atoms with Crippen LogP contribution in [-0.4, -0.2) is 25.5 Å². The molecule has 0 radical (unpaired) electrons. The van der Waals surface area contributed by atoms with Crippen LogP contribution >= 0.6 is 0 Å². The van der Waals surface area contributed by atoms with Gasteiger partial charge in [0, 0.05) is 0 Å². The number of hydrogen-bond donors (Lipinski definition) is 2. The highest BCUT2D eigenvalue weighted by Crippen LogP contribution is 2.16. The number of nitrogens with one attached hydrogen (secondary N) is 2. The Bertz CT molecular complexity index is 637. The molecular weight excluding hydrogens is 284 g/mol. The predicted molar refractivity (Wildman–Crippen MR) is 81.5 cm³/mol. The molecule has 0 aliphatic rings. The van der Waals surface area contributed by atoms with E-state index in [1.165, 1.54) is 7.11 Å². The van der Waals surface area contributed by atoms with Crippen molar-refractivity contribution in [3.05, 3.63) is 54.0 Å². The Kier molecular flexibility index (Phi) is 5.32. The Hall–Kier alpha value is -2.60. The number of para-hydroxylation sites is 1. The van der Waals surface area contributed by atoms with Crippen LogP contribution in [0.3, 0.4) is 0 Å². The number of esters is 1. The van der Waals surface area contributed by atoms with Crippen molar-refractivity contribution in [3.63, 3.8) is 0 Å². The lowest BCUT2D eigenvalue weighted by Gasteiger charge is -2.13. The minimum Gasteiger partial charge on any atom is -0.468 e. The first-order valence-corrected chi connectivity index (χ1v) is 6.85. The Morgan fingerprint density at radius 3 is 2.68 bits per heavy atom. The van der Waals surface area contributed by atoms with E-state index in [-0.39, 0.29) is 18.5 Å². The number of benzene rings is 1. The van der Waals surface area contributed by atoms with Crippen molar-refractivity contribution in [1.29, 1.82) is 0 Å². The predicted octanol–water partition coefficient (Wildman–Crippen LogP) is 2.36. The van der Waals surface area contributed by atoms with Crippen molar-refractivity contribution in [2.75, 3.05) is 19.0 Å². The second-order valence-electron chi connectivity index (χ2n) is 4.70. The third-order valence-electron chi connectivity index (χ3n) is 3.15. The Labute approximate surface area is 128 Å². The van der Waals surface area contributed by atoms with E-state index in [0.29, 0.717) is 11.3 Å². The largest absolute Gasteiger partial charge is 0.468 e. The van der Waals surface area contributed by atoms with E-state index < -0.39 is 5.97 Å². The fraction of sp³-hybridized carbons (Fsp3) is 0.250. The molecule has 0 aliphatic heterocycles.